The number of aliphatic hydroxyl groups is 1. The van der Waals surface area contributed by atoms with E-state index in [0.717, 1.165) is 29.5 Å². The van der Waals surface area contributed by atoms with E-state index in [0.29, 0.717) is 11.5 Å². The summed E-state index contributed by atoms with van der Waals surface area (Å²) in [6, 6.07) is 26.8. The lowest BCUT2D eigenvalue weighted by Gasteiger charge is -2.18. The lowest BCUT2D eigenvalue weighted by molar-refractivity contribution is 0.164. The average molecular weight is 372 g/mol. The van der Waals surface area contributed by atoms with Crippen molar-refractivity contribution in [1.82, 2.24) is 0 Å². The molecule has 1 nitrogen and oxygen atoms in total. The number of hydrogen-bond acceptors (Lipinski definition) is 1. The van der Waals surface area contributed by atoms with E-state index in [1.54, 1.807) is 0 Å². The van der Waals surface area contributed by atoms with E-state index in [1.165, 1.54) is 0 Å². The Morgan fingerprint density at radius 2 is 1.17 bits per heavy atom. The Bertz CT molecular complexity index is 1110. The maximum Gasteiger partial charge on any atom is 0.215 e. The van der Waals surface area contributed by atoms with E-state index in [4.69, 9.17) is 0 Å². The molecule has 0 spiro atoms. The van der Waals surface area contributed by atoms with Crippen LogP contribution >= 0.6 is 0 Å². The predicted octanol–water partition coefficient (Wildman–Crippen LogP) is 4.74. The smallest absolute Gasteiger partial charge is 0.215 e. The van der Waals surface area contributed by atoms with E-state index in [9.17, 15) is 5.11 Å². The van der Waals surface area contributed by atoms with Gasteiger partial charge in [-0.3, -0.25) is 0 Å². The van der Waals surface area contributed by atoms with Gasteiger partial charge in [-0.25, -0.2) is 0 Å². The minimum atomic E-state index is -1.62. The van der Waals surface area contributed by atoms with Gasteiger partial charge in [0.1, 0.15) is 0 Å². The van der Waals surface area contributed by atoms with Crippen LogP contribution in [0.1, 0.15) is 35.1 Å². The van der Waals surface area contributed by atoms with Gasteiger partial charge in [0, 0.05) is 28.2 Å². The first kappa shape index (κ1) is 18.7. The summed E-state index contributed by atoms with van der Waals surface area (Å²) in [6.07, 6.45) is 2.31. The van der Waals surface area contributed by atoms with Crippen LogP contribution in [0.3, 0.4) is 0 Å². The van der Waals surface area contributed by atoms with Crippen molar-refractivity contribution >= 4 is 0 Å². The molecule has 3 aromatic carbocycles. The standard InChI is InChI=1S/C28H20O/c29-28(21-19-23-9-3-1-4-10-23,22-20-24-11-5-2-6-12-24)27-14-8-7-13-26(27)18-17-25-15-16-25/h1-14,25,29H,15-16H2. The minimum Gasteiger partial charge on any atom is -0.363 e. The Kier molecular flexibility index (Phi) is 5.49. The van der Waals surface area contributed by atoms with Crippen LogP contribution in [-0.4, -0.2) is 5.11 Å². The highest BCUT2D eigenvalue weighted by Gasteiger charge is 2.27. The average Bonchev–Trinajstić information content (AvgIpc) is 3.61. The van der Waals surface area contributed by atoms with Gasteiger partial charge in [0.05, 0.1) is 0 Å². The molecule has 0 aromatic heterocycles. The zero-order valence-electron chi connectivity index (χ0n) is 16.0. The molecular formula is C28H20O. The second kappa shape index (κ2) is 8.54. The third-order valence-corrected chi connectivity index (χ3v) is 4.63. The monoisotopic (exact) mass is 372 g/mol. The second-order valence-electron chi connectivity index (χ2n) is 7.03. The maximum atomic E-state index is 11.6. The summed E-state index contributed by atoms with van der Waals surface area (Å²) in [5.41, 5.74) is 1.43. The van der Waals surface area contributed by atoms with Crippen LogP contribution in [0.25, 0.3) is 0 Å². The molecular weight excluding hydrogens is 352 g/mol. The largest absolute Gasteiger partial charge is 0.363 e. The Hall–Kier alpha value is -3.70. The van der Waals surface area contributed by atoms with Crippen LogP contribution in [0.4, 0.5) is 0 Å². The molecule has 0 saturated heterocycles. The van der Waals surface area contributed by atoms with Crippen LogP contribution in [0.15, 0.2) is 84.9 Å². The summed E-state index contributed by atoms with van der Waals surface area (Å²) < 4.78 is 0. The summed E-state index contributed by atoms with van der Waals surface area (Å²) in [5.74, 6) is 19.1. The molecule has 138 valence electrons. The summed E-state index contributed by atoms with van der Waals surface area (Å²) in [6.45, 7) is 0. The van der Waals surface area contributed by atoms with E-state index in [-0.39, 0.29) is 0 Å². The molecule has 1 fully saturated rings. The molecule has 0 radical (unpaired) electrons. The molecule has 1 aliphatic rings. The topological polar surface area (TPSA) is 20.2 Å². The molecule has 1 aliphatic carbocycles. The third kappa shape index (κ3) is 4.97. The Balaban J connectivity index is 1.80. The highest BCUT2D eigenvalue weighted by molar-refractivity contribution is 5.54. The predicted molar refractivity (Wildman–Crippen MR) is 117 cm³/mol. The fourth-order valence-corrected chi connectivity index (χ4v) is 2.85. The van der Waals surface area contributed by atoms with Gasteiger partial charge in [0.2, 0.25) is 5.60 Å². The van der Waals surface area contributed by atoms with E-state index >= 15 is 0 Å². The SMILES string of the molecule is OC(C#Cc1ccccc1)(C#Cc1ccccc1)c1ccccc1C#CC1CC1. The van der Waals surface area contributed by atoms with Gasteiger partial charge in [-0.1, -0.05) is 78.3 Å². The first-order chi connectivity index (χ1) is 14.2. The molecule has 4 rings (SSSR count). The first-order valence-electron chi connectivity index (χ1n) is 9.73. The summed E-state index contributed by atoms with van der Waals surface area (Å²) in [5, 5.41) is 11.6. The highest BCUT2D eigenvalue weighted by atomic mass is 16.3. The second-order valence-corrected chi connectivity index (χ2v) is 7.03. The third-order valence-electron chi connectivity index (χ3n) is 4.63. The highest BCUT2D eigenvalue weighted by Crippen LogP contribution is 2.29. The van der Waals surface area contributed by atoms with Crippen molar-refractivity contribution in [2.24, 2.45) is 5.92 Å². The van der Waals surface area contributed by atoms with Gasteiger partial charge < -0.3 is 5.11 Å². The molecule has 1 saturated carbocycles. The van der Waals surface area contributed by atoms with Gasteiger partial charge in [0.15, 0.2) is 0 Å². The Morgan fingerprint density at radius 1 is 0.655 bits per heavy atom. The lowest BCUT2D eigenvalue weighted by atomic mass is 9.90. The van der Waals surface area contributed by atoms with Crippen LogP contribution in [0.2, 0.25) is 0 Å². The normalized spacial score (nSPS) is 12.4. The van der Waals surface area contributed by atoms with Crippen molar-refractivity contribution in [2.45, 2.75) is 18.4 Å². The van der Waals surface area contributed by atoms with Crippen molar-refractivity contribution in [3.05, 3.63) is 107 Å². The maximum absolute atomic E-state index is 11.6. The Labute approximate surface area is 172 Å². The van der Waals surface area contributed by atoms with Crippen molar-refractivity contribution in [1.29, 1.82) is 0 Å². The Morgan fingerprint density at radius 3 is 1.72 bits per heavy atom. The molecule has 0 aliphatic heterocycles. The van der Waals surface area contributed by atoms with Crippen LogP contribution in [-0.2, 0) is 5.60 Å². The van der Waals surface area contributed by atoms with Crippen LogP contribution in [0, 0.1) is 41.4 Å². The molecule has 0 heterocycles. The van der Waals surface area contributed by atoms with Gasteiger partial charge in [-0.2, -0.15) is 0 Å². The number of benzene rings is 3. The lowest BCUT2D eigenvalue weighted by Crippen LogP contribution is -2.23. The summed E-state index contributed by atoms with van der Waals surface area (Å²) >= 11 is 0. The van der Waals surface area contributed by atoms with Gasteiger partial charge in [-0.05, 0) is 55.0 Å². The van der Waals surface area contributed by atoms with Crippen molar-refractivity contribution < 1.29 is 5.11 Å². The van der Waals surface area contributed by atoms with Crippen molar-refractivity contribution in [3.8, 4) is 35.5 Å². The van der Waals surface area contributed by atoms with Gasteiger partial charge in [0.25, 0.3) is 0 Å². The number of rotatable bonds is 1. The fraction of sp³-hybridized carbons (Fsp3) is 0.143. The molecule has 0 unspecified atom stereocenters. The first-order valence-corrected chi connectivity index (χ1v) is 9.73. The van der Waals surface area contributed by atoms with Crippen LogP contribution < -0.4 is 0 Å². The molecule has 3 aromatic rings. The van der Waals surface area contributed by atoms with E-state index < -0.39 is 5.60 Å². The summed E-state index contributed by atoms with van der Waals surface area (Å²) in [4.78, 5) is 0. The molecule has 1 heteroatoms. The fourth-order valence-electron chi connectivity index (χ4n) is 2.85. The van der Waals surface area contributed by atoms with Crippen LogP contribution in [0.5, 0.6) is 0 Å². The quantitative estimate of drug-likeness (QED) is 0.612. The zero-order valence-corrected chi connectivity index (χ0v) is 16.0. The molecule has 0 bridgehead atoms. The van der Waals surface area contributed by atoms with E-state index in [1.807, 2.05) is 84.9 Å². The summed E-state index contributed by atoms with van der Waals surface area (Å²) in [7, 11) is 0. The van der Waals surface area contributed by atoms with Gasteiger partial charge in [-0.15, -0.1) is 0 Å². The zero-order chi connectivity index (χ0) is 19.9. The van der Waals surface area contributed by atoms with Crippen molar-refractivity contribution in [2.75, 3.05) is 0 Å². The number of hydrogen-bond donors (Lipinski definition) is 1. The molecule has 1 N–H and O–H groups in total. The molecule has 29 heavy (non-hydrogen) atoms. The minimum absolute atomic E-state index is 0.474. The molecule has 0 amide bonds. The van der Waals surface area contributed by atoms with Crippen molar-refractivity contribution in [3.63, 3.8) is 0 Å². The van der Waals surface area contributed by atoms with Gasteiger partial charge >= 0.3 is 0 Å². The van der Waals surface area contributed by atoms with E-state index in [2.05, 4.69) is 35.5 Å². The molecule has 0 atom stereocenters.